The van der Waals surface area contributed by atoms with Crippen molar-refractivity contribution in [3.63, 3.8) is 0 Å². The Hall–Kier alpha value is -2.62. The van der Waals surface area contributed by atoms with E-state index < -0.39 is 0 Å². The summed E-state index contributed by atoms with van der Waals surface area (Å²) < 4.78 is 2.18. The highest BCUT2D eigenvalue weighted by Crippen LogP contribution is 2.50. The minimum Gasteiger partial charge on any atom is -0.344 e. The fraction of sp³-hybridized carbons (Fsp3) is 0.300. The standard InChI is InChI=1S/C20H19N3O/c1-22-17-6-3-2-5-14(17)10-18(22)15-9-16(12-21-11-15)23-13-20(19(23)24)7-4-8-20/h2-3,5-6,9-12H,4,7-8,13H2,1H3. The Balaban J connectivity index is 1.53. The van der Waals surface area contributed by atoms with Crippen molar-refractivity contribution in [2.24, 2.45) is 12.5 Å². The number of para-hydroxylation sites is 1. The van der Waals surface area contributed by atoms with Gasteiger partial charge in [-0.2, -0.15) is 0 Å². The Bertz CT molecular complexity index is 968. The van der Waals surface area contributed by atoms with Gasteiger partial charge in [0.1, 0.15) is 0 Å². The zero-order valence-corrected chi connectivity index (χ0v) is 13.7. The van der Waals surface area contributed by atoms with E-state index in [4.69, 9.17) is 0 Å². The molecule has 4 heteroatoms. The van der Waals surface area contributed by atoms with Gasteiger partial charge in [-0.15, -0.1) is 0 Å². The van der Waals surface area contributed by atoms with Crippen molar-refractivity contribution in [2.75, 3.05) is 11.4 Å². The normalized spacial score (nSPS) is 18.7. The Labute approximate surface area is 140 Å². The number of rotatable bonds is 2. The number of anilines is 1. The maximum absolute atomic E-state index is 12.5. The van der Waals surface area contributed by atoms with Crippen molar-refractivity contribution in [1.82, 2.24) is 9.55 Å². The van der Waals surface area contributed by atoms with Gasteiger partial charge in [0.2, 0.25) is 5.91 Å². The lowest BCUT2D eigenvalue weighted by Crippen LogP contribution is -2.64. The predicted octanol–water partition coefficient (Wildman–Crippen LogP) is 3.76. The van der Waals surface area contributed by atoms with Crippen LogP contribution in [0.2, 0.25) is 0 Å². The molecule has 4 nitrogen and oxygen atoms in total. The first kappa shape index (κ1) is 13.8. The maximum atomic E-state index is 12.5. The average molecular weight is 317 g/mol. The minimum atomic E-state index is -0.0321. The van der Waals surface area contributed by atoms with Crippen LogP contribution in [0.5, 0.6) is 0 Å². The van der Waals surface area contributed by atoms with E-state index in [1.165, 1.54) is 17.3 Å². The highest BCUT2D eigenvalue weighted by Gasteiger charge is 2.56. The summed E-state index contributed by atoms with van der Waals surface area (Å²) in [5.41, 5.74) is 4.26. The largest absolute Gasteiger partial charge is 0.344 e. The van der Waals surface area contributed by atoms with Crippen molar-refractivity contribution in [3.8, 4) is 11.3 Å². The van der Waals surface area contributed by atoms with Crippen molar-refractivity contribution < 1.29 is 4.79 Å². The molecule has 120 valence electrons. The van der Waals surface area contributed by atoms with Crippen LogP contribution in [-0.2, 0) is 11.8 Å². The molecular formula is C20H19N3O. The van der Waals surface area contributed by atoms with Gasteiger partial charge >= 0.3 is 0 Å². The molecule has 2 aliphatic rings. The molecule has 5 rings (SSSR count). The molecule has 1 aliphatic heterocycles. The van der Waals surface area contributed by atoms with Gasteiger partial charge in [-0.1, -0.05) is 24.6 Å². The van der Waals surface area contributed by atoms with Gasteiger partial charge < -0.3 is 9.47 Å². The minimum absolute atomic E-state index is 0.0321. The number of β-lactam (4-membered cyclic amide) rings is 1. The number of carbonyl (C=O) groups is 1. The molecule has 1 saturated carbocycles. The van der Waals surface area contributed by atoms with Crippen LogP contribution in [0.15, 0.2) is 48.8 Å². The number of pyridine rings is 1. The van der Waals surface area contributed by atoms with E-state index in [0.717, 1.165) is 36.3 Å². The highest BCUT2D eigenvalue weighted by molar-refractivity contribution is 6.05. The van der Waals surface area contributed by atoms with Crippen LogP contribution < -0.4 is 4.90 Å². The molecule has 0 atom stereocenters. The number of nitrogens with zero attached hydrogens (tertiary/aromatic N) is 3. The summed E-state index contributed by atoms with van der Waals surface area (Å²) in [6.45, 7) is 0.853. The number of amides is 1. The van der Waals surface area contributed by atoms with Crippen LogP contribution in [0, 0.1) is 5.41 Å². The van der Waals surface area contributed by atoms with E-state index in [1.807, 2.05) is 11.1 Å². The van der Waals surface area contributed by atoms with Gasteiger partial charge in [0.25, 0.3) is 0 Å². The third-order valence-electron chi connectivity index (χ3n) is 5.75. The van der Waals surface area contributed by atoms with Crippen LogP contribution >= 0.6 is 0 Å². The summed E-state index contributed by atoms with van der Waals surface area (Å²) >= 11 is 0. The summed E-state index contributed by atoms with van der Waals surface area (Å²) in [5, 5.41) is 1.22. The van der Waals surface area contributed by atoms with Gasteiger partial charge in [-0.05, 0) is 31.0 Å². The van der Waals surface area contributed by atoms with Gasteiger partial charge in [-0.25, -0.2) is 0 Å². The smallest absolute Gasteiger partial charge is 0.235 e. The quantitative estimate of drug-likeness (QED) is 0.675. The second kappa shape index (κ2) is 4.69. The Morgan fingerprint density at radius 2 is 1.96 bits per heavy atom. The molecule has 1 spiro atoms. The number of aryl methyl sites for hydroxylation is 1. The topological polar surface area (TPSA) is 38.1 Å². The van der Waals surface area contributed by atoms with E-state index >= 15 is 0 Å². The summed E-state index contributed by atoms with van der Waals surface area (Å²) in [6.07, 6.45) is 6.97. The Morgan fingerprint density at radius 3 is 2.67 bits per heavy atom. The van der Waals surface area contributed by atoms with Crippen LogP contribution in [0.3, 0.4) is 0 Å². The number of carbonyl (C=O) groups excluding carboxylic acids is 1. The third-order valence-corrected chi connectivity index (χ3v) is 5.75. The SMILES string of the molecule is Cn1c(-c2cncc(N3CC4(CCC4)C3=O)c2)cc2ccccc21. The average Bonchev–Trinajstić information content (AvgIpc) is 2.90. The first-order chi connectivity index (χ1) is 11.7. The molecule has 3 aromatic rings. The number of benzene rings is 1. The summed E-state index contributed by atoms with van der Waals surface area (Å²) in [6, 6.07) is 12.6. The number of aromatic nitrogens is 2. The molecule has 1 aromatic carbocycles. The molecule has 1 saturated heterocycles. The molecule has 0 unspecified atom stereocenters. The summed E-state index contributed by atoms with van der Waals surface area (Å²) in [4.78, 5) is 18.8. The van der Waals surface area contributed by atoms with Crippen molar-refractivity contribution >= 4 is 22.5 Å². The summed E-state index contributed by atoms with van der Waals surface area (Å²) in [7, 11) is 2.07. The number of hydrogen-bond donors (Lipinski definition) is 0. The van der Waals surface area contributed by atoms with E-state index in [1.54, 1.807) is 6.20 Å². The van der Waals surface area contributed by atoms with Crippen molar-refractivity contribution in [1.29, 1.82) is 0 Å². The molecular weight excluding hydrogens is 298 g/mol. The third kappa shape index (κ3) is 1.74. The Kier molecular flexibility index (Phi) is 2.70. The van der Waals surface area contributed by atoms with E-state index in [2.05, 4.69) is 53.0 Å². The molecule has 24 heavy (non-hydrogen) atoms. The molecule has 1 amide bonds. The molecule has 1 aliphatic carbocycles. The lowest BCUT2D eigenvalue weighted by molar-refractivity contribution is -0.141. The zero-order valence-electron chi connectivity index (χ0n) is 13.7. The molecule has 0 bridgehead atoms. The molecule has 2 fully saturated rings. The van der Waals surface area contributed by atoms with Crippen molar-refractivity contribution in [3.05, 3.63) is 48.8 Å². The van der Waals surface area contributed by atoms with E-state index in [-0.39, 0.29) is 11.3 Å². The first-order valence-corrected chi connectivity index (χ1v) is 8.50. The fourth-order valence-electron chi connectivity index (χ4n) is 4.10. The van der Waals surface area contributed by atoms with E-state index in [0.29, 0.717) is 0 Å². The molecule has 0 radical (unpaired) electrons. The lowest BCUT2D eigenvalue weighted by atomic mass is 9.62. The fourth-order valence-corrected chi connectivity index (χ4v) is 4.10. The second-order valence-corrected chi connectivity index (χ2v) is 7.10. The van der Waals surface area contributed by atoms with Gasteiger partial charge in [0.05, 0.1) is 23.0 Å². The monoisotopic (exact) mass is 317 g/mol. The van der Waals surface area contributed by atoms with Crippen LogP contribution in [0.4, 0.5) is 5.69 Å². The van der Waals surface area contributed by atoms with Gasteiger partial charge in [0, 0.05) is 36.3 Å². The van der Waals surface area contributed by atoms with Crippen molar-refractivity contribution in [2.45, 2.75) is 19.3 Å². The number of fused-ring (bicyclic) bond motifs is 1. The molecule has 3 heterocycles. The van der Waals surface area contributed by atoms with Crippen LogP contribution in [-0.4, -0.2) is 22.0 Å². The Morgan fingerprint density at radius 1 is 1.12 bits per heavy atom. The summed E-state index contributed by atoms with van der Waals surface area (Å²) in [5.74, 6) is 0.282. The maximum Gasteiger partial charge on any atom is 0.235 e. The molecule has 2 aromatic heterocycles. The molecule has 0 N–H and O–H groups in total. The lowest BCUT2D eigenvalue weighted by Gasteiger charge is -2.54. The van der Waals surface area contributed by atoms with E-state index in [9.17, 15) is 4.79 Å². The van der Waals surface area contributed by atoms with Gasteiger partial charge in [-0.3, -0.25) is 9.78 Å². The van der Waals surface area contributed by atoms with Crippen LogP contribution in [0.25, 0.3) is 22.2 Å². The first-order valence-electron chi connectivity index (χ1n) is 8.50. The van der Waals surface area contributed by atoms with Crippen LogP contribution in [0.1, 0.15) is 19.3 Å². The second-order valence-electron chi connectivity index (χ2n) is 7.10. The zero-order chi connectivity index (χ0) is 16.3. The predicted molar refractivity (Wildman–Crippen MR) is 94.8 cm³/mol. The van der Waals surface area contributed by atoms with Gasteiger partial charge in [0.15, 0.2) is 0 Å². The highest BCUT2D eigenvalue weighted by atomic mass is 16.2. The number of hydrogen-bond acceptors (Lipinski definition) is 2.